The molecule has 0 radical (unpaired) electrons. The predicted octanol–water partition coefficient (Wildman–Crippen LogP) is 12.8. The number of esters is 3. The van der Waals surface area contributed by atoms with Crippen LogP contribution in [0.4, 0.5) is 0 Å². The van der Waals surface area contributed by atoms with Gasteiger partial charge in [0.2, 0.25) is 0 Å². The largest absolute Gasteiger partial charge is 0.462 e. The van der Waals surface area contributed by atoms with E-state index in [0.717, 1.165) is 103 Å². The fraction of sp³-hybridized carbons (Fsp3) is 0.750. The smallest absolute Gasteiger partial charge is 0.306 e. The van der Waals surface area contributed by atoms with Crippen LogP contribution in [0.2, 0.25) is 0 Å². The first-order chi connectivity index (χ1) is 24.5. The van der Waals surface area contributed by atoms with Crippen LogP contribution in [0.15, 0.2) is 48.6 Å². The van der Waals surface area contributed by atoms with Gasteiger partial charge in [-0.3, -0.25) is 14.4 Å². The lowest BCUT2D eigenvalue weighted by Crippen LogP contribution is -2.30. The molecule has 0 aliphatic heterocycles. The zero-order chi connectivity index (χ0) is 36.6. The standard InChI is InChI=1S/C44H76O6/c1-4-7-10-13-16-19-21-22-23-26-28-31-34-37-43(46)49-40-41(39-48-42(45)36-33-30-27-24-18-15-12-9-6-3)50-44(47)38-35-32-29-25-20-17-14-11-8-5-2/h9,12,14,17-18,22-24,41H,4-8,10-11,13,15-16,19-21,25-40H2,1-3H3/b12-9-,17-14-,23-22-,24-18-. The van der Waals surface area contributed by atoms with Gasteiger partial charge in [0.05, 0.1) is 0 Å². The minimum absolute atomic E-state index is 0.0966. The van der Waals surface area contributed by atoms with Crippen LogP contribution in [0, 0.1) is 0 Å². The van der Waals surface area contributed by atoms with Crippen LogP contribution in [-0.2, 0) is 28.6 Å². The Kier molecular flexibility index (Phi) is 37.1. The lowest BCUT2D eigenvalue weighted by Gasteiger charge is -2.18. The van der Waals surface area contributed by atoms with E-state index in [0.29, 0.717) is 19.3 Å². The van der Waals surface area contributed by atoms with Crippen molar-refractivity contribution in [2.45, 2.75) is 200 Å². The summed E-state index contributed by atoms with van der Waals surface area (Å²) in [4.78, 5) is 37.5. The Balaban J connectivity index is 4.43. The lowest BCUT2D eigenvalue weighted by atomic mass is 10.1. The van der Waals surface area contributed by atoms with Crippen molar-refractivity contribution in [3.05, 3.63) is 48.6 Å². The van der Waals surface area contributed by atoms with Crippen molar-refractivity contribution >= 4 is 17.9 Å². The van der Waals surface area contributed by atoms with Crippen molar-refractivity contribution < 1.29 is 28.6 Å². The van der Waals surface area contributed by atoms with Crippen LogP contribution in [0.3, 0.4) is 0 Å². The second-order valence-corrected chi connectivity index (χ2v) is 13.5. The molecule has 0 heterocycles. The summed E-state index contributed by atoms with van der Waals surface area (Å²) < 4.78 is 16.5. The maximum Gasteiger partial charge on any atom is 0.306 e. The molecule has 288 valence electrons. The average molecular weight is 701 g/mol. The van der Waals surface area contributed by atoms with Gasteiger partial charge in [-0.2, -0.15) is 0 Å². The Hall–Kier alpha value is -2.63. The van der Waals surface area contributed by atoms with Crippen LogP contribution < -0.4 is 0 Å². The highest BCUT2D eigenvalue weighted by Gasteiger charge is 2.19. The molecule has 0 saturated carbocycles. The van der Waals surface area contributed by atoms with Crippen molar-refractivity contribution in [3.63, 3.8) is 0 Å². The summed E-state index contributed by atoms with van der Waals surface area (Å²) in [6, 6.07) is 0. The van der Waals surface area contributed by atoms with E-state index in [2.05, 4.69) is 69.4 Å². The van der Waals surface area contributed by atoms with Crippen LogP contribution in [0.25, 0.3) is 0 Å². The molecule has 0 rings (SSSR count). The van der Waals surface area contributed by atoms with E-state index in [4.69, 9.17) is 14.2 Å². The van der Waals surface area contributed by atoms with Crippen molar-refractivity contribution in [1.29, 1.82) is 0 Å². The summed E-state index contributed by atoms with van der Waals surface area (Å²) in [5, 5.41) is 0. The molecule has 0 aromatic carbocycles. The minimum atomic E-state index is -0.792. The number of carbonyl (C=O) groups excluding carboxylic acids is 3. The predicted molar refractivity (Wildman–Crippen MR) is 210 cm³/mol. The molecule has 0 aromatic heterocycles. The van der Waals surface area contributed by atoms with Gasteiger partial charge in [-0.1, -0.05) is 134 Å². The average Bonchev–Trinajstić information content (AvgIpc) is 3.11. The molecule has 0 bridgehead atoms. The van der Waals surface area contributed by atoms with Crippen LogP contribution in [0.1, 0.15) is 194 Å². The third-order valence-electron chi connectivity index (χ3n) is 8.54. The molecule has 0 aliphatic rings. The molecule has 0 N–H and O–H groups in total. The van der Waals surface area contributed by atoms with E-state index in [9.17, 15) is 14.4 Å². The zero-order valence-corrected chi connectivity index (χ0v) is 32.7. The number of unbranched alkanes of at least 4 members (excludes halogenated alkanes) is 17. The number of carbonyl (C=O) groups is 3. The molecule has 0 amide bonds. The summed E-state index contributed by atoms with van der Waals surface area (Å²) in [6.45, 7) is 6.38. The minimum Gasteiger partial charge on any atom is -0.462 e. The molecular formula is C44H76O6. The van der Waals surface area contributed by atoms with E-state index in [1.807, 2.05) is 0 Å². The van der Waals surface area contributed by atoms with Gasteiger partial charge in [-0.05, 0) is 89.9 Å². The molecule has 6 heteroatoms. The van der Waals surface area contributed by atoms with Gasteiger partial charge in [0.1, 0.15) is 13.2 Å². The van der Waals surface area contributed by atoms with E-state index in [1.165, 1.54) is 51.4 Å². The third-order valence-corrected chi connectivity index (χ3v) is 8.54. The van der Waals surface area contributed by atoms with E-state index in [1.54, 1.807) is 0 Å². The van der Waals surface area contributed by atoms with Gasteiger partial charge < -0.3 is 14.2 Å². The second kappa shape index (κ2) is 39.2. The van der Waals surface area contributed by atoms with Gasteiger partial charge >= 0.3 is 17.9 Å². The first-order valence-corrected chi connectivity index (χ1v) is 20.6. The van der Waals surface area contributed by atoms with Gasteiger partial charge in [-0.25, -0.2) is 0 Å². The molecule has 6 nitrogen and oxygen atoms in total. The molecule has 50 heavy (non-hydrogen) atoms. The van der Waals surface area contributed by atoms with Crippen molar-refractivity contribution in [3.8, 4) is 0 Å². The molecule has 1 atom stereocenters. The van der Waals surface area contributed by atoms with Crippen LogP contribution in [-0.4, -0.2) is 37.2 Å². The van der Waals surface area contributed by atoms with Crippen molar-refractivity contribution in [1.82, 2.24) is 0 Å². The fourth-order valence-corrected chi connectivity index (χ4v) is 5.39. The summed E-state index contributed by atoms with van der Waals surface area (Å²) in [6.07, 6.45) is 43.9. The van der Waals surface area contributed by atoms with Gasteiger partial charge in [0, 0.05) is 19.3 Å². The molecule has 0 saturated heterocycles. The van der Waals surface area contributed by atoms with Crippen LogP contribution >= 0.6 is 0 Å². The first-order valence-electron chi connectivity index (χ1n) is 20.6. The number of hydrogen-bond donors (Lipinski definition) is 0. The highest BCUT2D eigenvalue weighted by molar-refractivity contribution is 5.71. The molecule has 0 fully saturated rings. The zero-order valence-electron chi connectivity index (χ0n) is 32.7. The summed E-state index contributed by atoms with van der Waals surface area (Å²) in [5.41, 5.74) is 0. The Morgan fingerprint density at radius 2 is 0.800 bits per heavy atom. The molecule has 1 unspecified atom stereocenters. The quantitative estimate of drug-likeness (QED) is 0.0280. The number of allylic oxidation sites excluding steroid dienone is 8. The molecule has 0 aliphatic carbocycles. The molecular weight excluding hydrogens is 624 g/mol. The van der Waals surface area contributed by atoms with E-state index >= 15 is 0 Å². The number of rotatable bonds is 36. The van der Waals surface area contributed by atoms with E-state index in [-0.39, 0.29) is 31.1 Å². The normalized spacial score (nSPS) is 12.5. The number of hydrogen-bond acceptors (Lipinski definition) is 6. The maximum atomic E-state index is 12.6. The SMILES string of the molecule is CC/C=C\C/C=C\CCCCC(=O)OCC(COC(=O)CCCCC/C=C\CCCCCCCC)OC(=O)CCCCCC/C=C\CCCC. The molecule has 0 spiro atoms. The van der Waals surface area contributed by atoms with Crippen LogP contribution in [0.5, 0.6) is 0 Å². The monoisotopic (exact) mass is 701 g/mol. The fourth-order valence-electron chi connectivity index (χ4n) is 5.39. The Morgan fingerprint density at radius 3 is 1.34 bits per heavy atom. The third kappa shape index (κ3) is 36.6. The van der Waals surface area contributed by atoms with Gasteiger partial charge in [0.15, 0.2) is 6.10 Å². The summed E-state index contributed by atoms with van der Waals surface area (Å²) in [7, 11) is 0. The Bertz CT molecular complexity index is 902. The molecule has 0 aromatic rings. The lowest BCUT2D eigenvalue weighted by molar-refractivity contribution is -0.167. The van der Waals surface area contributed by atoms with E-state index < -0.39 is 6.10 Å². The summed E-state index contributed by atoms with van der Waals surface area (Å²) in [5.74, 6) is -0.971. The maximum absolute atomic E-state index is 12.6. The Labute approximate surface area is 307 Å². The number of ether oxygens (including phenoxy) is 3. The van der Waals surface area contributed by atoms with Crippen molar-refractivity contribution in [2.24, 2.45) is 0 Å². The highest BCUT2D eigenvalue weighted by Crippen LogP contribution is 2.12. The van der Waals surface area contributed by atoms with Gasteiger partial charge in [0.25, 0.3) is 0 Å². The highest BCUT2D eigenvalue weighted by atomic mass is 16.6. The van der Waals surface area contributed by atoms with Gasteiger partial charge in [-0.15, -0.1) is 0 Å². The summed E-state index contributed by atoms with van der Waals surface area (Å²) >= 11 is 0. The first kappa shape index (κ1) is 47.4. The Morgan fingerprint density at radius 1 is 0.420 bits per heavy atom. The second-order valence-electron chi connectivity index (χ2n) is 13.5. The van der Waals surface area contributed by atoms with Crippen molar-refractivity contribution in [2.75, 3.05) is 13.2 Å². The topological polar surface area (TPSA) is 78.9 Å².